The van der Waals surface area contributed by atoms with Gasteiger partial charge < -0.3 is 9.84 Å². The fraction of sp³-hybridized carbons (Fsp3) is 0.632. The number of rotatable bonds is 6. The van der Waals surface area contributed by atoms with E-state index in [0.29, 0.717) is 49.1 Å². The molecule has 0 spiro atoms. The summed E-state index contributed by atoms with van der Waals surface area (Å²) in [5.74, 6) is 1.32. The maximum atomic E-state index is 12.9. The molecule has 9 nitrogen and oxygen atoms in total. The van der Waals surface area contributed by atoms with E-state index in [9.17, 15) is 13.2 Å². The van der Waals surface area contributed by atoms with Crippen molar-refractivity contribution in [2.24, 2.45) is 11.8 Å². The van der Waals surface area contributed by atoms with Crippen LogP contribution in [0.15, 0.2) is 21.7 Å². The third-order valence-corrected chi connectivity index (χ3v) is 8.15. The quantitative estimate of drug-likeness (QED) is 0.767. The Balaban J connectivity index is 1.39. The third kappa shape index (κ3) is 3.83. The van der Waals surface area contributed by atoms with Crippen molar-refractivity contribution in [1.29, 1.82) is 0 Å². The summed E-state index contributed by atoms with van der Waals surface area (Å²) in [6, 6.07) is 2.08. The molecule has 2 fully saturated rings. The van der Waals surface area contributed by atoms with Crippen molar-refractivity contribution in [3.63, 3.8) is 0 Å². The van der Waals surface area contributed by atoms with E-state index in [4.69, 9.17) is 4.52 Å². The lowest BCUT2D eigenvalue weighted by Gasteiger charge is -2.30. The van der Waals surface area contributed by atoms with E-state index in [1.807, 2.05) is 10.7 Å². The van der Waals surface area contributed by atoms with E-state index in [1.54, 1.807) is 20.0 Å². The summed E-state index contributed by atoms with van der Waals surface area (Å²) < 4.78 is 34.2. The average Bonchev–Trinajstić information content (AvgIpc) is 3.35. The number of aryl methyl sites for hydroxylation is 2. The molecule has 1 aliphatic heterocycles. The fourth-order valence-corrected chi connectivity index (χ4v) is 5.84. The lowest BCUT2D eigenvalue weighted by molar-refractivity contribution is -0.121. The van der Waals surface area contributed by atoms with Gasteiger partial charge in [-0.05, 0) is 52.4 Å². The van der Waals surface area contributed by atoms with Crippen molar-refractivity contribution in [3.05, 3.63) is 23.7 Å². The second-order valence-corrected chi connectivity index (χ2v) is 9.93. The molecule has 1 amide bonds. The van der Waals surface area contributed by atoms with Crippen LogP contribution in [0.2, 0.25) is 0 Å². The highest BCUT2D eigenvalue weighted by molar-refractivity contribution is 7.89. The highest BCUT2D eigenvalue weighted by Crippen LogP contribution is 2.40. The number of carbonyl (C=O) groups is 1. The largest absolute Gasteiger partial charge is 0.360 e. The Labute approximate surface area is 170 Å². The Kier molecular flexibility index (Phi) is 5.24. The van der Waals surface area contributed by atoms with Gasteiger partial charge >= 0.3 is 0 Å². The van der Waals surface area contributed by atoms with Gasteiger partial charge in [0.2, 0.25) is 15.9 Å². The Morgan fingerprint density at radius 1 is 1.24 bits per heavy atom. The van der Waals surface area contributed by atoms with Crippen molar-refractivity contribution in [3.8, 4) is 0 Å². The maximum absolute atomic E-state index is 12.9. The van der Waals surface area contributed by atoms with Crippen LogP contribution in [0.1, 0.15) is 50.1 Å². The van der Waals surface area contributed by atoms with Gasteiger partial charge in [0.05, 0.1) is 12.2 Å². The van der Waals surface area contributed by atoms with Gasteiger partial charge in [0.25, 0.3) is 0 Å². The minimum atomic E-state index is -3.67. The van der Waals surface area contributed by atoms with Crippen LogP contribution in [0.25, 0.3) is 0 Å². The second kappa shape index (κ2) is 7.56. The number of nitrogens with zero attached hydrogens (tertiary/aromatic N) is 4. The van der Waals surface area contributed by atoms with Crippen LogP contribution in [0.4, 0.5) is 5.82 Å². The second-order valence-electron chi connectivity index (χ2n) is 8.06. The summed E-state index contributed by atoms with van der Waals surface area (Å²) in [7, 11) is -3.67. The van der Waals surface area contributed by atoms with Gasteiger partial charge in [-0.2, -0.15) is 9.40 Å². The number of piperidine rings is 1. The maximum Gasteiger partial charge on any atom is 0.248 e. The number of hydrogen-bond acceptors (Lipinski definition) is 6. The van der Waals surface area contributed by atoms with Crippen LogP contribution in [0.3, 0.4) is 0 Å². The molecule has 1 saturated carbocycles. The Morgan fingerprint density at radius 2 is 1.93 bits per heavy atom. The monoisotopic (exact) mass is 421 g/mol. The summed E-state index contributed by atoms with van der Waals surface area (Å²) in [6.45, 7) is 5.93. The van der Waals surface area contributed by atoms with Crippen LogP contribution >= 0.6 is 0 Å². The van der Waals surface area contributed by atoms with E-state index in [2.05, 4.69) is 22.5 Å². The third-order valence-electron chi connectivity index (χ3n) is 6.00. The van der Waals surface area contributed by atoms with Crippen LogP contribution in [0.5, 0.6) is 0 Å². The van der Waals surface area contributed by atoms with Gasteiger partial charge in [-0.1, -0.05) is 5.16 Å². The number of nitrogens with one attached hydrogen (secondary N) is 1. The molecule has 2 aliphatic rings. The van der Waals surface area contributed by atoms with Gasteiger partial charge in [-0.3, -0.25) is 4.79 Å². The van der Waals surface area contributed by atoms with E-state index < -0.39 is 10.0 Å². The van der Waals surface area contributed by atoms with Crippen molar-refractivity contribution >= 4 is 21.7 Å². The molecule has 2 aromatic rings. The SMILES string of the molecule is Cc1noc(C)c1S(=O)(=O)N1CCC(C(=O)Nc2ccnn2C(C)C2CC2)CC1. The first kappa shape index (κ1) is 20.1. The molecule has 158 valence electrons. The molecule has 1 unspecified atom stereocenters. The van der Waals surface area contributed by atoms with Crippen molar-refractivity contribution in [2.45, 2.75) is 57.4 Å². The topological polar surface area (TPSA) is 110 Å². The minimum absolute atomic E-state index is 0.0795. The standard InChI is InChI=1S/C19H27N5O4S/c1-12-18(14(3)28-22-12)29(26,27)23-10-7-16(8-11-23)19(25)21-17-6-9-20-24(17)13(2)15-4-5-15/h6,9,13,15-16H,4-5,7-8,10-11H2,1-3H3,(H,21,25). The highest BCUT2D eigenvalue weighted by Gasteiger charge is 2.36. The summed E-state index contributed by atoms with van der Waals surface area (Å²) in [5.41, 5.74) is 0.361. The van der Waals surface area contributed by atoms with E-state index >= 15 is 0 Å². The van der Waals surface area contributed by atoms with E-state index in [0.717, 1.165) is 0 Å². The lowest BCUT2D eigenvalue weighted by atomic mass is 9.97. The van der Waals surface area contributed by atoms with Crippen LogP contribution in [0, 0.1) is 25.7 Å². The predicted octanol–water partition coefficient (Wildman–Crippen LogP) is 2.50. The minimum Gasteiger partial charge on any atom is -0.360 e. The zero-order chi connectivity index (χ0) is 20.8. The molecule has 29 heavy (non-hydrogen) atoms. The summed E-state index contributed by atoms with van der Waals surface area (Å²) in [6.07, 6.45) is 5.05. The van der Waals surface area contributed by atoms with Gasteiger partial charge in [0.15, 0.2) is 5.76 Å². The molecule has 1 saturated heterocycles. The number of sulfonamides is 1. The van der Waals surface area contributed by atoms with Crippen molar-refractivity contribution < 1.29 is 17.7 Å². The molecule has 1 atom stereocenters. The highest BCUT2D eigenvalue weighted by atomic mass is 32.2. The smallest absolute Gasteiger partial charge is 0.248 e. The zero-order valence-corrected chi connectivity index (χ0v) is 17.8. The Morgan fingerprint density at radius 3 is 2.52 bits per heavy atom. The van der Waals surface area contributed by atoms with Crippen molar-refractivity contribution in [2.75, 3.05) is 18.4 Å². The summed E-state index contributed by atoms with van der Waals surface area (Å²) in [4.78, 5) is 12.9. The summed E-state index contributed by atoms with van der Waals surface area (Å²) >= 11 is 0. The number of hydrogen-bond donors (Lipinski definition) is 1. The number of amides is 1. The first-order valence-corrected chi connectivity index (χ1v) is 11.5. The predicted molar refractivity (Wildman–Crippen MR) is 106 cm³/mol. The Hall–Kier alpha value is -2.20. The number of aromatic nitrogens is 3. The van der Waals surface area contributed by atoms with Crippen LogP contribution in [-0.4, -0.2) is 46.7 Å². The first-order valence-electron chi connectivity index (χ1n) is 10.1. The van der Waals surface area contributed by atoms with Crippen LogP contribution < -0.4 is 5.32 Å². The van der Waals surface area contributed by atoms with Gasteiger partial charge in [-0.25, -0.2) is 13.1 Å². The Bertz CT molecular complexity index is 980. The van der Waals surface area contributed by atoms with Gasteiger partial charge in [-0.15, -0.1) is 0 Å². The number of carbonyl (C=O) groups excluding carboxylic acids is 1. The molecule has 4 rings (SSSR count). The lowest BCUT2D eigenvalue weighted by Crippen LogP contribution is -2.41. The molecule has 1 aliphatic carbocycles. The van der Waals surface area contributed by atoms with Crippen molar-refractivity contribution in [1.82, 2.24) is 19.2 Å². The molecule has 0 aromatic carbocycles. The molecule has 0 radical (unpaired) electrons. The molecule has 3 heterocycles. The van der Waals surface area contributed by atoms with Crippen LogP contribution in [-0.2, 0) is 14.8 Å². The number of anilines is 1. The zero-order valence-electron chi connectivity index (χ0n) is 17.0. The van der Waals surface area contributed by atoms with E-state index in [1.165, 1.54) is 17.1 Å². The fourth-order valence-electron chi connectivity index (χ4n) is 4.07. The molecule has 10 heteroatoms. The molecule has 0 bridgehead atoms. The van der Waals surface area contributed by atoms with Gasteiger partial charge in [0.1, 0.15) is 16.4 Å². The molecular weight excluding hydrogens is 394 g/mol. The molecular formula is C19H27N5O4S. The molecule has 1 N–H and O–H groups in total. The average molecular weight is 422 g/mol. The molecule has 2 aromatic heterocycles. The first-order chi connectivity index (χ1) is 13.8. The van der Waals surface area contributed by atoms with E-state index in [-0.39, 0.29) is 22.8 Å². The summed E-state index contributed by atoms with van der Waals surface area (Å²) in [5, 5.41) is 11.1. The normalized spacial score (nSPS) is 20.0. The van der Waals surface area contributed by atoms with Gasteiger partial charge in [0, 0.05) is 25.1 Å².